The molecule has 0 aliphatic carbocycles. The molecule has 0 fully saturated rings. The second-order valence-corrected chi connectivity index (χ2v) is 5.66. The lowest BCUT2D eigenvalue weighted by Crippen LogP contribution is -1.99. The molecule has 1 aliphatic heterocycles. The van der Waals surface area contributed by atoms with E-state index in [0.29, 0.717) is 0 Å². The summed E-state index contributed by atoms with van der Waals surface area (Å²) in [4.78, 5) is 9.21. The summed E-state index contributed by atoms with van der Waals surface area (Å²) in [5.41, 5.74) is 4.39. The monoisotopic (exact) mass is 291 g/mol. The Bertz CT molecular complexity index is 643. The minimum atomic E-state index is 0.779. The molecule has 19 heavy (non-hydrogen) atoms. The first-order valence-electron chi connectivity index (χ1n) is 6.15. The van der Waals surface area contributed by atoms with Crippen molar-refractivity contribution in [2.75, 3.05) is 18.1 Å². The van der Waals surface area contributed by atoms with Crippen molar-refractivity contribution in [3.05, 3.63) is 34.3 Å². The van der Waals surface area contributed by atoms with Gasteiger partial charge in [0.15, 0.2) is 5.16 Å². The number of nitrogens with zero attached hydrogens (tertiary/aromatic N) is 2. The minimum absolute atomic E-state index is 0.779. The van der Waals surface area contributed by atoms with Crippen LogP contribution in [0.5, 0.6) is 0 Å². The molecule has 1 aromatic heterocycles. The van der Waals surface area contributed by atoms with Gasteiger partial charge in [0.1, 0.15) is 5.82 Å². The lowest BCUT2D eigenvalue weighted by molar-refractivity contribution is 0.970. The highest BCUT2D eigenvalue weighted by Crippen LogP contribution is 2.35. The summed E-state index contributed by atoms with van der Waals surface area (Å²) in [6.45, 7) is 2.96. The summed E-state index contributed by atoms with van der Waals surface area (Å²) < 4.78 is 0. The fourth-order valence-corrected chi connectivity index (χ4v) is 2.87. The number of anilines is 1. The Hall–Kier alpha value is -1.26. The number of nitrogens with one attached hydrogen (secondary N) is 1. The number of halogens is 1. The molecule has 1 aromatic carbocycles. The van der Waals surface area contributed by atoms with Crippen LogP contribution >= 0.6 is 23.4 Å². The number of benzene rings is 1. The molecule has 1 aliphatic rings. The van der Waals surface area contributed by atoms with Gasteiger partial charge < -0.3 is 5.32 Å². The van der Waals surface area contributed by atoms with Gasteiger partial charge in [-0.15, -0.1) is 0 Å². The van der Waals surface area contributed by atoms with Crippen LogP contribution in [0.15, 0.2) is 23.4 Å². The Balaban J connectivity index is 2.25. The van der Waals surface area contributed by atoms with Gasteiger partial charge in [-0.05, 0) is 31.2 Å². The predicted octanol–water partition coefficient (Wildman–Crippen LogP) is 3.80. The summed E-state index contributed by atoms with van der Waals surface area (Å²) in [5.74, 6) is 0.966. The Morgan fingerprint density at radius 1 is 1.32 bits per heavy atom. The molecule has 0 atom stereocenters. The zero-order valence-corrected chi connectivity index (χ0v) is 12.4. The van der Waals surface area contributed by atoms with Crippen molar-refractivity contribution in [2.24, 2.45) is 0 Å². The first-order valence-corrected chi connectivity index (χ1v) is 7.75. The second kappa shape index (κ2) is 5.02. The van der Waals surface area contributed by atoms with E-state index in [9.17, 15) is 0 Å². The number of hydrogen-bond donors (Lipinski definition) is 1. The first-order chi connectivity index (χ1) is 9.20. The van der Waals surface area contributed by atoms with Crippen molar-refractivity contribution in [1.82, 2.24) is 9.97 Å². The van der Waals surface area contributed by atoms with E-state index in [1.54, 1.807) is 11.8 Å². The number of hydrogen-bond acceptors (Lipinski definition) is 4. The molecule has 0 amide bonds. The van der Waals surface area contributed by atoms with E-state index in [0.717, 1.165) is 45.8 Å². The standard InChI is InChI=1S/C14H14ClN3S/c1-8-9(4-3-5-11(8)15)12-10-6-7-16-13(10)18-14(17-12)19-2/h3-5H,6-7H2,1-2H3,(H,16,17,18). The molecule has 3 rings (SSSR count). The Labute approximate surface area is 121 Å². The molecule has 0 bridgehead atoms. The van der Waals surface area contributed by atoms with Gasteiger partial charge >= 0.3 is 0 Å². The number of thioether (sulfide) groups is 1. The third-order valence-electron chi connectivity index (χ3n) is 3.36. The Morgan fingerprint density at radius 3 is 2.95 bits per heavy atom. The third-order valence-corrected chi connectivity index (χ3v) is 4.32. The van der Waals surface area contributed by atoms with Gasteiger partial charge in [0.25, 0.3) is 0 Å². The van der Waals surface area contributed by atoms with Crippen LogP contribution in [0.1, 0.15) is 11.1 Å². The van der Waals surface area contributed by atoms with Gasteiger partial charge in [0.05, 0.1) is 5.69 Å². The maximum Gasteiger partial charge on any atom is 0.189 e. The van der Waals surface area contributed by atoms with E-state index in [1.165, 1.54) is 5.56 Å². The third kappa shape index (κ3) is 2.19. The molecule has 3 nitrogen and oxygen atoms in total. The molecule has 5 heteroatoms. The molecule has 0 saturated heterocycles. The van der Waals surface area contributed by atoms with Crippen molar-refractivity contribution in [2.45, 2.75) is 18.5 Å². The first kappa shape index (κ1) is 12.8. The van der Waals surface area contributed by atoms with E-state index in [-0.39, 0.29) is 0 Å². The maximum atomic E-state index is 6.22. The van der Waals surface area contributed by atoms with Crippen LogP contribution in [0.3, 0.4) is 0 Å². The highest BCUT2D eigenvalue weighted by Gasteiger charge is 2.21. The van der Waals surface area contributed by atoms with Crippen molar-refractivity contribution in [3.63, 3.8) is 0 Å². The van der Waals surface area contributed by atoms with Gasteiger partial charge in [0, 0.05) is 22.7 Å². The van der Waals surface area contributed by atoms with Gasteiger partial charge in [-0.1, -0.05) is 35.5 Å². The van der Waals surface area contributed by atoms with Crippen molar-refractivity contribution in [3.8, 4) is 11.3 Å². The summed E-state index contributed by atoms with van der Waals surface area (Å²) >= 11 is 7.78. The molecule has 98 valence electrons. The van der Waals surface area contributed by atoms with E-state index in [4.69, 9.17) is 11.6 Å². The smallest absolute Gasteiger partial charge is 0.189 e. The minimum Gasteiger partial charge on any atom is -0.369 e. The van der Waals surface area contributed by atoms with Gasteiger partial charge in [-0.2, -0.15) is 0 Å². The number of fused-ring (bicyclic) bond motifs is 1. The number of rotatable bonds is 2. The highest BCUT2D eigenvalue weighted by molar-refractivity contribution is 7.98. The van der Waals surface area contributed by atoms with Crippen LogP contribution < -0.4 is 5.32 Å². The SMILES string of the molecule is CSc1nc2c(c(-c3cccc(Cl)c3C)n1)CCN2. The summed E-state index contributed by atoms with van der Waals surface area (Å²) in [6.07, 6.45) is 2.95. The largest absolute Gasteiger partial charge is 0.369 e. The second-order valence-electron chi connectivity index (χ2n) is 4.48. The fourth-order valence-electron chi connectivity index (χ4n) is 2.33. The van der Waals surface area contributed by atoms with Crippen molar-refractivity contribution >= 4 is 29.2 Å². The molecular weight excluding hydrogens is 278 g/mol. The van der Waals surface area contributed by atoms with Crippen LogP contribution in [0.4, 0.5) is 5.82 Å². The zero-order chi connectivity index (χ0) is 13.4. The van der Waals surface area contributed by atoms with Crippen LogP contribution in [0.2, 0.25) is 5.02 Å². The van der Waals surface area contributed by atoms with Gasteiger partial charge in [0.2, 0.25) is 0 Å². The van der Waals surface area contributed by atoms with E-state index >= 15 is 0 Å². The van der Waals surface area contributed by atoms with Crippen LogP contribution in [0, 0.1) is 6.92 Å². The Kier molecular flexibility index (Phi) is 3.37. The molecular formula is C14H14ClN3S. The maximum absolute atomic E-state index is 6.22. The summed E-state index contributed by atoms with van der Waals surface area (Å²) in [7, 11) is 0. The molecule has 0 spiro atoms. The normalized spacial score (nSPS) is 13.2. The van der Waals surface area contributed by atoms with E-state index in [1.807, 2.05) is 25.3 Å². The molecule has 0 radical (unpaired) electrons. The van der Waals surface area contributed by atoms with E-state index < -0.39 is 0 Å². The lowest BCUT2D eigenvalue weighted by Gasteiger charge is -2.11. The average molecular weight is 292 g/mol. The molecule has 2 aromatic rings. The van der Waals surface area contributed by atoms with Crippen LogP contribution in [0.25, 0.3) is 11.3 Å². The van der Waals surface area contributed by atoms with Crippen LogP contribution in [-0.2, 0) is 6.42 Å². The van der Waals surface area contributed by atoms with Gasteiger partial charge in [-0.3, -0.25) is 0 Å². The fraction of sp³-hybridized carbons (Fsp3) is 0.286. The molecule has 2 heterocycles. The summed E-state index contributed by atoms with van der Waals surface area (Å²) in [5, 5.41) is 4.89. The lowest BCUT2D eigenvalue weighted by atomic mass is 10.0. The average Bonchev–Trinajstić information content (AvgIpc) is 2.89. The zero-order valence-electron chi connectivity index (χ0n) is 10.8. The number of aromatic nitrogens is 2. The van der Waals surface area contributed by atoms with Crippen molar-refractivity contribution in [1.29, 1.82) is 0 Å². The van der Waals surface area contributed by atoms with E-state index in [2.05, 4.69) is 21.4 Å². The molecule has 0 saturated carbocycles. The van der Waals surface area contributed by atoms with Crippen molar-refractivity contribution < 1.29 is 0 Å². The molecule has 1 N–H and O–H groups in total. The summed E-state index contributed by atoms with van der Waals surface area (Å²) in [6, 6.07) is 5.96. The Morgan fingerprint density at radius 2 is 2.16 bits per heavy atom. The van der Waals surface area contributed by atoms with Crippen LogP contribution in [-0.4, -0.2) is 22.8 Å². The molecule has 0 unspecified atom stereocenters. The highest BCUT2D eigenvalue weighted by atomic mass is 35.5. The topological polar surface area (TPSA) is 37.8 Å². The quantitative estimate of drug-likeness (QED) is 0.675. The van der Waals surface area contributed by atoms with Gasteiger partial charge in [-0.25, -0.2) is 9.97 Å². The predicted molar refractivity (Wildman–Crippen MR) is 81.2 cm³/mol.